The topological polar surface area (TPSA) is 73.2 Å². The van der Waals surface area contributed by atoms with E-state index in [9.17, 15) is 22.8 Å². The van der Waals surface area contributed by atoms with Crippen molar-refractivity contribution >= 4 is 23.8 Å². The molecule has 6 nitrogen and oxygen atoms in total. The number of aromatic nitrogens is 2. The number of ether oxygens (including phenoxy) is 1. The molecule has 0 radical (unpaired) electrons. The van der Waals surface area contributed by atoms with E-state index in [4.69, 9.17) is 4.74 Å². The number of carbonyl (C=O) groups is 2. The van der Waals surface area contributed by atoms with Crippen LogP contribution in [0.2, 0.25) is 0 Å². The lowest BCUT2D eigenvalue weighted by Crippen LogP contribution is -2.22. The molecule has 1 aliphatic rings. The van der Waals surface area contributed by atoms with Crippen LogP contribution in [0.25, 0.3) is 6.08 Å². The van der Waals surface area contributed by atoms with Gasteiger partial charge in [-0.15, -0.1) is 0 Å². The number of anilines is 1. The molecule has 1 fully saturated rings. The van der Waals surface area contributed by atoms with Crippen molar-refractivity contribution in [2.75, 3.05) is 11.9 Å². The summed E-state index contributed by atoms with van der Waals surface area (Å²) in [6.45, 7) is -0.480. The predicted octanol–water partition coefficient (Wildman–Crippen LogP) is 4.21. The summed E-state index contributed by atoms with van der Waals surface area (Å²) in [6, 6.07) is 6.27. The van der Waals surface area contributed by atoms with E-state index in [1.165, 1.54) is 18.2 Å². The number of hydrogen-bond acceptors (Lipinski definition) is 4. The Labute approximate surface area is 165 Å². The fraction of sp³-hybridized carbons (Fsp3) is 0.350. The SMILES string of the molecule is O=C(COC(=O)/C=C/c1ccc(C(F)(F)F)cc1)Nc1ccnn1C1CCCC1. The van der Waals surface area contributed by atoms with E-state index >= 15 is 0 Å². The Morgan fingerprint density at radius 3 is 2.52 bits per heavy atom. The molecule has 3 rings (SSSR count). The summed E-state index contributed by atoms with van der Waals surface area (Å²) in [4.78, 5) is 23.8. The van der Waals surface area contributed by atoms with Gasteiger partial charge in [0.2, 0.25) is 0 Å². The average molecular weight is 407 g/mol. The first-order chi connectivity index (χ1) is 13.8. The molecule has 1 saturated carbocycles. The number of nitrogens with zero attached hydrogens (tertiary/aromatic N) is 2. The first kappa shape index (κ1) is 20.6. The molecular formula is C20H20F3N3O3. The summed E-state index contributed by atoms with van der Waals surface area (Å²) < 4.78 is 44.2. The molecule has 2 aromatic rings. The predicted molar refractivity (Wildman–Crippen MR) is 99.8 cm³/mol. The van der Waals surface area contributed by atoms with Crippen LogP contribution in [0.3, 0.4) is 0 Å². The van der Waals surface area contributed by atoms with Gasteiger partial charge in [-0.3, -0.25) is 4.79 Å². The number of nitrogens with one attached hydrogen (secondary N) is 1. The van der Waals surface area contributed by atoms with E-state index in [0.717, 1.165) is 43.9 Å². The Hall–Kier alpha value is -3.10. The maximum Gasteiger partial charge on any atom is 0.416 e. The number of benzene rings is 1. The number of halogens is 3. The quantitative estimate of drug-likeness (QED) is 0.575. The van der Waals surface area contributed by atoms with Gasteiger partial charge in [-0.05, 0) is 36.6 Å². The molecule has 1 aromatic heterocycles. The Morgan fingerprint density at radius 2 is 1.86 bits per heavy atom. The van der Waals surface area contributed by atoms with Gasteiger partial charge >= 0.3 is 12.1 Å². The molecule has 1 aliphatic carbocycles. The first-order valence-electron chi connectivity index (χ1n) is 9.18. The molecule has 154 valence electrons. The average Bonchev–Trinajstić information content (AvgIpc) is 3.36. The number of alkyl halides is 3. The van der Waals surface area contributed by atoms with Crippen LogP contribution in [0.5, 0.6) is 0 Å². The second kappa shape index (κ2) is 8.93. The van der Waals surface area contributed by atoms with Crippen LogP contribution >= 0.6 is 0 Å². The molecule has 29 heavy (non-hydrogen) atoms. The summed E-state index contributed by atoms with van der Waals surface area (Å²) in [5.74, 6) is -0.719. The number of esters is 1. The molecule has 1 heterocycles. The van der Waals surface area contributed by atoms with Gasteiger partial charge in [-0.25, -0.2) is 9.48 Å². The monoisotopic (exact) mass is 407 g/mol. The zero-order valence-electron chi connectivity index (χ0n) is 15.5. The molecule has 0 saturated heterocycles. The molecule has 1 aromatic carbocycles. The minimum absolute atomic E-state index is 0.259. The Kier molecular flexibility index (Phi) is 6.36. The Bertz CT molecular complexity index is 882. The van der Waals surface area contributed by atoms with E-state index in [1.807, 2.05) is 0 Å². The van der Waals surface area contributed by atoms with Crippen molar-refractivity contribution in [3.63, 3.8) is 0 Å². The highest BCUT2D eigenvalue weighted by Gasteiger charge is 2.29. The van der Waals surface area contributed by atoms with Crippen LogP contribution in [0.1, 0.15) is 42.9 Å². The molecule has 9 heteroatoms. The summed E-state index contributed by atoms with van der Waals surface area (Å²) in [5.41, 5.74) is -0.370. The minimum atomic E-state index is -4.42. The molecule has 0 aliphatic heterocycles. The molecular weight excluding hydrogens is 387 g/mol. The zero-order chi connectivity index (χ0) is 20.9. The van der Waals surface area contributed by atoms with Crippen molar-refractivity contribution in [1.82, 2.24) is 9.78 Å². The highest BCUT2D eigenvalue weighted by atomic mass is 19.4. The van der Waals surface area contributed by atoms with E-state index in [2.05, 4.69) is 10.4 Å². The van der Waals surface area contributed by atoms with Crippen molar-refractivity contribution in [3.05, 3.63) is 53.7 Å². The van der Waals surface area contributed by atoms with Gasteiger partial charge in [0.1, 0.15) is 5.82 Å². The van der Waals surface area contributed by atoms with Crippen LogP contribution < -0.4 is 5.32 Å². The van der Waals surface area contributed by atoms with E-state index < -0.39 is 30.2 Å². The Morgan fingerprint density at radius 1 is 1.17 bits per heavy atom. The number of amides is 1. The lowest BCUT2D eigenvalue weighted by Gasteiger charge is -2.14. The standard InChI is InChI=1S/C20H20F3N3O3/c21-20(22,23)15-8-5-14(6-9-15)7-10-19(28)29-13-18(27)25-17-11-12-24-26(17)16-3-1-2-4-16/h5-12,16H,1-4,13H2,(H,25,27)/b10-7+. The maximum absolute atomic E-state index is 12.5. The second-order valence-electron chi connectivity index (χ2n) is 6.71. The largest absolute Gasteiger partial charge is 0.452 e. The van der Waals surface area contributed by atoms with Gasteiger partial charge < -0.3 is 10.1 Å². The Balaban J connectivity index is 1.47. The third-order valence-corrected chi connectivity index (χ3v) is 4.60. The lowest BCUT2D eigenvalue weighted by molar-refractivity contribution is -0.142. The minimum Gasteiger partial charge on any atom is -0.452 e. The fourth-order valence-corrected chi connectivity index (χ4v) is 3.16. The summed E-state index contributed by atoms with van der Waals surface area (Å²) in [7, 11) is 0. The van der Waals surface area contributed by atoms with Crippen LogP contribution in [-0.4, -0.2) is 28.3 Å². The summed E-state index contributed by atoms with van der Waals surface area (Å²) >= 11 is 0. The van der Waals surface area contributed by atoms with Gasteiger partial charge in [0.05, 0.1) is 17.8 Å². The van der Waals surface area contributed by atoms with Crippen molar-refractivity contribution in [2.45, 2.75) is 37.9 Å². The lowest BCUT2D eigenvalue weighted by atomic mass is 10.1. The van der Waals surface area contributed by atoms with E-state index in [-0.39, 0.29) is 6.04 Å². The van der Waals surface area contributed by atoms with Crippen LogP contribution in [0.15, 0.2) is 42.6 Å². The van der Waals surface area contributed by atoms with E-state index in [1.54, 1.807) is 16.9 Å². The van der Waals surface area contributed by atoms with Gasteiger partial charge in [0.15, 0.2) is 6.61 Å². The fourth-order valence-electron chi connectivity index (χ4n) is 3.16. The number of hydrogen-bond donors (Lipinski definition) is 1. The number of rotatable bonds is 6. The molecule has 0 spiro atoms. The van der Waals surface area contributed by atoms with Crippen LogP contribution in [0.4, 0.5) is 19.0 Å². The van der Waals surface area contributed by atoms with Gasteiger partial charge in [0.25, 0.3) is 5.91 Å². The highest BCUT2D eigenvalue weighted by molar-refractivity contribution is 5.94. The van der Waals surface area contributed by atoms with E-state index in [0.29, 0.717) is 11.4 Å². The molecule has 0 unspecified atom stereocenters. The number of carbonyl (C=O) groups excluding carboxylic acids is 2. The second-order valence-corrected chi connectivity index (χ2v) is 6.71. The smallest absolute Gasteiger partial charge is 0.416 e. The van der Waals surface area contributed by atoms with Gasteiger partial charge in [-0.2, -0.15) is 18.3 Å². The van der Waals surface area contributed by atoms with Crippen molar-refractivity contribution < 1.29 is 27.5 Å². The van der Waals surface area contributed by atoms with Gasteiger partial charge in [0, 0.05) is 12.1 Å². The van der Waals surface area contributed by atoms with Crippen molar-refractivity contribution in [1.29, 1.82) is 0 Å². The highest BCUT2D eigenvalue weighted by Crippen LogP contribution is 2.31. The first-order valence-corrected chi connectivity index (χ1v) is 9.18. The van der Waals surface area contributed by atoms with Crippen LogP contribution in [-0.2, 0) is 20.5 Å². The third-order valence-electron chi connectivity index (χ3n) is 4.60. The third kappa shape index (κ3) is 5.69. The summed E-state index contributed by atoms with van der Waals surface area (Å²) in [5, 5.41) is 6.91. The van der Waals surface area contributed by atoms with Gasteiger partial charge in [-0.1, -0.05) is 25.0 Å². The van der Waals surface area contributed by atoms with Crippen molar-refractivity contribution in [2.24, 2.45) is 0 Å². The molecule has 0 atom stereocenters. The molecule has 1 N–H and O–H groups in total. The van der Waals surface area contributed by atoms with Crippen LogP contribution in [0, 0.1) is 0 Å². The van der Waals surface area contributed by atoms with Crippen molar-refractivity contribution in [3.8, 4) is 0 Å². The summed E-state index contributed by atoms with van der Waals surface area (Å²) in [6.07, 6.45) is 3.83. The molecule has 0 bridgehead atoms. The zero-order valence-corrected chi connectivity index (χ0v) is 15.5. The molecule has 1 amide bonds. The maximum atomic E-state index is 12.5. The normalized spacial score (nSPS) is 15.0.